The summed E-state index contributed by atoms with van der Waals surface area (Å²) in [5.41, 5.74) is 3.07. The molecule has 0 aliphatic heterocycles. The first-order valence-electron chi connectivity index (χ1n) is 12.4. The lowest BCUT2D eigenvalue weighted by Gasteiger charge is -2.27. The van der Waals surface area contributed by atoms with Crippen molar-refractivity contribution in [2.45, 2.75) is 64.4 Å². The van der Waals surface area contributed by atoms with Gasteiger partial charge in [-0.2, -0.15) is 0 Å². The molecule has 1 aliphatic carbocycles. The number of Topliss-reactive ketones (excluding diaryl/α,β-unsaturated/α-hetero) is 1. The van der Waals surface area contributed by atoms with E-state index in [0.29, 0.717) is 46.9 Å². The van der Waals surface area contributed by atoms with Crippen LogP contribution in [0.4, 0.5) is 4.39 Å². The van der Waals surface area contributed by atoms with Crippen LogP contribution in [0.25, 0.3) is 11.3 Å². The molecular formula is C30H34FNO4. The van der Waals surface area contributed by atoms with E-state index in [1.54, 1.807) is 39.3 Å². The van der Waals surface area contributed by atoms with Gasteiger partial charge < -0.3 is 14.2 Å². The van der Waals surface area contributed by atoms with Crippen LogP contribution >= 0.6 is 0 Å². The molecule has 1 aliphatic rings. The number of benzene rings is 2. The zero-order valence-electron chi connectivity index (χ0n) is 21.7. The number of pyridine rings is 1. The molecular weight excluding hydrogens is 457 g/mol. The van der Waals surface area contributed by atoms with Gasteiger partial charge in [0.15, 0.2) is 17.3 Å². The summed E-state index contributed by atoms with van der Waals surface area (Å²) in [5.74, 6) is 1.67. The summed E-state index contributed by atoms with van der Waals surface area (Å²) in [6.45, 7) is 5.88. The summed E-state index contributed by atoms with van der Waals surface area (Å²) >= 11 is 0. The van der Waals surface area contributed by atoms with E-state index in [1.165, 1.54) is 12.5 Å². The molecule has 190 valence electrons. The first kappa shape index (κ1) is 25.7. The molecule has 1 fully saturated rings. The van der Waals surface area contributed by atoms with Crippen molar-refractivity contribution in [3.63, 3.8) is 0 Å². The third kappa shape index (κ3) is 5.53. The second-order valence-electron chi connectivity index (χ2n) is 10.1. The third-order valence-electron chi connectivity index (χ3n) is 7.01. The Hall–Kier alpha value is -3.41. The van der Waals surface area contributed by atoms with Crippen LogP contribution in [-0.4, -0.2) is 31.1 Å². The van der Waals surface area contributed by atoms with Gasteiger partial charge in [-0.3, -0.25) is 4.79 Å². The Morgan fingerprint density at radius 2 is 1.72 bits per heavy atom. The Labute approximate surface area is 212 Å². The highest BCUT2D eigenvalue weighted by atomic mass is 19.1. The Bertz CT molecular complexity index is 1250. The van der Waals surface area contributed by atoms with Crippen molar-refractivity contribution < 1.29 is 23.4 Å². The number of hydrogen-bond donors (Lipinski definition) is 0. The molecule has 0 unspecified atom stereocenters. The molecule has 1 aromatic heterocycles. The minimum absolute atomic E-state index is 0.0412. The summed E-state index contributed by atoms with van der Waals surface area (Å²) in [6.07, 6.45) is 4.50. The molecule has 1 saturated carbocycles. The predicted octanol–water partition coefficient (Wildman–Crippen LogP) is 7.09. The molecule has 5 nitrogen and oxygen atoms in total. The maximum absolute atomic E-state index is 13.8. The SMILES string of the molecule is COc1cc(C(=O)CCC(C)(C)c2ccc(OC)c(-c3ccc(F)c(C)c3)n2)ccc1OC1CCC1. The van der Waals surface area contributed by atoms with Crippen LogP contribution in [0, 0.1) is 12.7 Å². The van der Waals surface area contributed by atoms with Crippen molar-refractivity contribution in [2.75, 3.05) is 14.2 Å². The predicted molar refractivity (Wildman–Crippen MR) is 139 cm³/mol. The highest BCUT2D eigenvalue weighted by Gasteiger charge is 2.26. The minimum Gasteiger partial charge on any atom is -0.494 e. The van der Waals surface area contributed by atoms with Crippen LogP contribution in [0.1, 0.15) is 67.6 Å². The normalized spacial score (nSPS) is 13.7. The Balaban J connectivity index is 1.50. The van der Waals surface area contributed by atoms with Crippen LogP contribution in [0.5, 0.6) is 17.2 Å². The zero-order valence-corrected chi connectivity index (χ0v) is 21.7. The number of halogens is 1. The molecule has 6 heteroatoms. The van der Waals surface area contributed by atoms with Crippen LogP contribution in [0.3, 0.4) is 0 Å². The number of ether oxygens (including phenoxy) is 3. The van der Waals surface area contributed by atoms with Crippen molar-refractivity contribution in [2.24, 2.45) is 0 Å². The first-order chi connectivity index (χ1) is 17.2. The average molecular weight is 492 g/mol. The van der Waals surface area contributed by atoms with Gasteiger partial charge in [0.05, 0.1) is 20.3 Å². The van der Waals surface area contributed by atoms with Gasteiger partial charge in [0, 0.05) is 28.7 Å². The molecule has 0 amide bonds. The molecule has 3 aromatic rings. The standard InChI is InChI=1S/C30H34FNO4/c1-19-17-21(9-11-23(19)31)29-26(34-4)13-14-28(32-29)30(2,3)16-15-24(33)20-10-12-25(27(18-20)35-5)36-22-7-6-8-22/h9-14,17-18,22H,6-8,15-16H2,1-5H3. The van der Waals surface area contributed by atoms with Crippen molar-refractivity contribution in [3.8, 4) is 28.5 Å². The van der Waals surface area contributed by atoms with Gasteiger partial charge in [0.1, 0.15) is 17.3 Å². The molecule has 0 atom stereocenters. The maximum Gasteiger partial charge on any atom is 0.163 e. The highest BCUT2D eigenvalue weighted by Crippen LogP contribution is 2.36. The van der Waals surface area contributed by atoms with Gasteiger partial charge in [-0.25, -0.2) is 9.37 Å². The van der Waals surface area contributed by atoms with Crippen LogP contribution in [-0.2, 0) is 5.41 Å². The van der Waals surface area contributed by atoms with E-state index in [2.05, 4.69) is 13.8 Å². The number of ketones is 1. The second-order valence-corrected chi connectivity index (χ2v) is 10.1. The minimum atomic E-state index is -0.372. The fourth-order valence-corrected chi connectivity index (χ4v) is 4.29. The van der Waals surface area contributed by atoms with Gasteiger partial charge in [-0.15, -0.1) is 0 Å². The lowest BCUT2D eigenvalue weighted by Crippen LogP contribution is -2.24. The van der Waals surface area contributed by atoms with Crippen LogP contribution in [0.15, 0.2) is 48.5 Å². The number of hydrogen-bond acceptors (Lipinski definition) is 5. The summed E-state index contributed by atoms with van der Waals surface area (Å²) in [5, 5.41) is 0. The number of carbonyl (C=O) groups excluding carboxylic acids is 1. The lowest BCUT2D eigenvalue weighted by atomic mass is 9.82. The van der Waals surface area contributed by atoms with E-state index in [-0.39, 0.29) is 23.1 Å². The Morgan fingerprint density at radius 1 is 1.00 bits per heavy atom. The van der Waals surface area contributed by atoms with Crippen molar-refractivity contribution in [1.82, 2.24) is 4.98 Å². The number of aromatic nitrogens is 1. The molecule has 2 aromatic carbocycles. The summed E-state index contributed by atoms with van der Waals surface area (Å²) in [4.78, 5) is 18.0. The molecule has 0 saturated heterocycles. The number of aryl methyl sites for hydroxylation is 1. The van der Waals surface area contributed by atoms with Gasteiger partial charge in [0.25, 0.3) is 0 Å². The van der Waals surface area contributed by atoms with E-state index in [1.807, 2.05) is 24.3 Å². The van der Waals surface area contributed by atoms with Crippen LogP contribution in [0.2, 0.25) is 0 Å². The van der Waals surface area contributed by atoms with Crippen molar-refractivity contribution in [1.29, 1.82) is 0 Å². The molecule has 0 radical (unpaired) electrons. The number of rotatable bonds is 10. The van der Waals surface area contributed by atoms with Gasteiger partial charge in [-0.05, 0) is 86.7 Å². The van der Waals surface area contributed by atoms with E-state index < -0.39 is 0 Å². The highest BCUT2D eigenvalue weighted by molar-refractivity contribution is 5.96. The number of methoxy groups -OCH3 is 2. The number of nitrogens with zero attached hydrogens (tertiary/aromatic N) is 1. The Kier molecular flexibility index (Phi) is 7.62. The second kappa shape index (κ2) is 10.7. The summed E-state index contributed by atoms with van der Waals surface area (Å²) < 4.78 is 30.8. The lowest BCUT2D eigenvalue weighted by molar-refractivity contribution is 0.0971. The largest absolute Gasteiger partial charge is 0.494 e. The van der Waals surface area contributed by atoms with Crippen molar-refractivity contribution in [3.05, 3.63) is 71.2 Å². The number of carbonyl (C=O) groups is 1. The molecule has 0 spiro atoms. The molecule has 4 rings (SSSR count). The fourth-order valence-electron chi connectivity index (χ4n) is 4.29. The monoisotopic (exact) mass is 491 g/mol. The topological polar surface area (TPSA) is 57.7 Å². The van der Waals surface area contributed by atoms with Gasteiger partial charge in [-0.1, -0.05) is 13.8 Å². The van der Waals surface area contributed by atoms with E-state index in [0.717, 1.165) is 24.1 Å². The molecule has 1 heterocycles. The summed E-state index contributed by atoms with van der Waals surface area (Å²) in [6, 6.07) is 14.1. The van der Waals surface area contributed by atoms with Gasteiger partial charge in [0.2, 0.25) is 0 Å². The maximum atomic E-state index is 13.8. The summed E-state index contributed by atoms with van der Waals surface area (Å²) in [7, 11) is 3.19. The average Bonchev–Trinajstić information content (AvgIpc) is 2.86. The van der Waals surface area contributed by atoms with Crippen LogP contribution < -0.4 is 14.2 Å². The van der Waals surface area contributed by atoms with Gasteiger partial charge >= 0.3 is 0 Å². The van der Waals surface area contributed by atoms with E-state index in [9.17, 15) is 9.18 Å². The fraction of sp³-hybridized carbons (Fsp3) is 0.400. The van der Waals surface area contributed by atoms with E-state index >= 15 is 0 Å². The Morgan fingerprint density at radius 3 is 2.36 bits per heavy atom. The quantitative estimate of drug-likeness (QED) is 0.284. The molecule has 0 bridgehead atoms. The third-order valence-corrected chi connectivity index (χ3v) is 7.01. The smallest absolute Gasteiger partial charge is 0.163 e. The zero-order chi connectivity index (χ0) is 25.9. The molecule has 36 heavy (non-hydrogen) atoms. The van der Waals surface area contributed by atoms with E-state index in [4.69, 9.17) is 19.2 Å². The first-order valence-corrected chi connectivity index (χ1v) is 12.4. The van der Waals surface area contributed by atoms with Crippen molar-refractivity contribution >= 4 is 5.78 Å². The molecule has 0 N–H and O–H groups in total.